The first kappa shape index (κ1) is 8.02. The largest absolute Gasteiger partial charge is 0.396 e. The third kappa shape index (κ3) is 0.718. The maximum atomic E-state index is 9.16. The van der Waals surface area contributed by atoms with Crippen molar-refractivity contribution in [2.45, 2.75) is 25.0 Å². The minimum atomic E-state index is -0.331. The molecule has 3 atom stereocenters. The van der Waals surface area contributed by atoms with Crippen LogP contribution in [0.4, 0.5) is 0 Å². The first-order chi connectivity index (χ1) is 5.52. The molecule has 0 spiro atoms. The highest BCUT2D eigenvalue weighted by atomic mass is 16.5. The molecule has 66 valence electrons. The number of ether oxygens (including phenoxy) is 1. The lowest BCUT2D eigenvalue weighted by Crippen LogP contribution is -2.31. The van der Waals surface area contributed by atoms with Crippen LogP contribution in [0.15, 0.2) is 24.3 Å². The summed E-state index contributed by atoms with van der Waals surface area (Å²) < 4.78 is 5.79. The summed E-state index contributed by atoms with van der Waals surface area (Å²) in [6.07, 6.45) is 4.06. The molecule has 2 aliphatic heterocycles. The van der Waals surface area contributed by atoms with Crippen molar-refractivity contribution in [1.29, 1.82) is 0 Å². The first-order valence-electron chi connectivity index (χ1n) is 4.22. The van der Waals surface area contributed by atoms with Crippen LogP contribution < -0.4 is 0 Å². The zero-order valence-electron chi connectivity index (χ0n) is 7.50. The number of aliphatic hydroxyl groups is 1. The second kappa shape index (κ2) is 2.01. The van der Waals surface area contributed by atoms with Crippen LogP contribution in [0.5, 0.6) is 0 Å². The Bertz CT molecular complexity index is 269. The smallest absolute Gasteiger partial charge is 0.106 e. The Hall–Kier alpha value is -0.600. The van der Waals surface area contributed by atoms with Crippen molar-refractivity contribution >= 4 is 0 Å². The summed E-state index contributed by atoms with van der Waals surface area (Å²) in [5.74, 6) is 0.0625. The van der Waals surface area contributed by atoms with Crippen LogP contribution in [0.2, 0.25) is 0 Å². The van der Waals surface area contributed by atoms with E-state index in [0.717, 1.165) is 5.57 Å². The molecule has 2 nitrogen and oxygen atoms in total. The van der Waals surface area contributed by atoms with Gasteiger partial charge in [0, 0.05) is 5.92 Å². The normalized spacial score (nSPS) is 50.6. The maximum Gasteiger partial charge on any atom is 0.106 e. The zero-order valence-corrected chi connectivity index (χ0v) is 7.50. The molecule has 12 heavy (non-hydrogen) atoms. The molecule has 2 heterocycles. The van der Waals surface area contributed by atoms with Crippen molar-refractivity contribution in [3.05, 3.63) is 24.3 Å². The van der Waals surface area contributed by atoms with Crippen molar-refractivity contribution in [1.82, 2.24) is 0 Å². The maximum absolute atomic E-state index is 9.16. The molecule has 1 saturated heterocycles. The van der Waals surface area contributed by atoms with Gasteiger partial charge in [-0.1, -0.05) is 18.7 Å². The highest BCUT2D eigenvalue weighted by Crippen LogP contribution is 2.51. The minimum absolute atomic E-state index is 0.0625. The molecule has 0 radical (unpaired) electrons. The molecule has 0 amide bonds. The lowest BCUT2D eigenvalue weighted by atomic mass is 9.77. The van der Waals surface area contributed by atoms with Gasteiger partial charge in [-0.15, -0.1) is 0 Å². The van der Waals surface area contributed by atoms with Gasteiger partial charge in [0.1, 0.15) is 5.60 Å². The van der Waals surface area contributed by atoms with Crippen molar-refractivity contribution < 1.29 is 9.84 Å². The molecule has 0 aromatic heterocycles. The molecule has 0 aromatic carbocycles. The molecule has 2 aliphatic rings. The predicted octanol–water partition coefficient (Wildman–Crippen LogP) is 1.27. The molecule has 2 heteroatoms. The van der Waals surface area contributed by atoms with Crippen molar-refractivity contribution in [3.63, 3.8) is 0 Å². The van der Waals surface area contributed by atoms with Crippen LogP contribution in [0.25, 0.3) is 0 Å². The fraction of sp³-hybridized carbons (Fsp3) is 0.600. The third-order valence-electron chi connectivity index (χ3n) is 3.10. The predicted molar refractivity (Wildman–Crippen MR) is 46.8 cm³/mol. The van der Waals surface area contributed by atoms with Crippen LogP contribution in [0.1, 0.15) is 13.8 Å². The van der Waals surface area contributed by atoms with Crippen LogP contribution in [0, 0.1) is 5.92 Å². The fourth-order valence-electron chi connectivity index (χ4n) is 2.19. The Morgan fingerprint density at radius 1 is 1.58 bits per heavy atom. The van der Waals surface area contributed by atoms with Gasteiger partial charge in [0.05, 0.1) is 12.2 Å². The van der Waals surface area contributed by atoms with E-state index in [-0.39, 0.29) is 23.7 Å². The monoisotopic (exact) mass is 166 g/mol. The summed E-state index contributed by atoms with van der Waals surface area (Å²) >= 11 is 0. The average molecular weight is 166 g/mol. The topological polar surface area (TPSA) is 29.5 Å². The molecular formula is C10H14O2. The highest BCUT2D eigenvalue weighted by molar-refractivity contribution is 5.40. The van der Waals surface area contributed by atoms with Gasteiger partial charge in [0.25, 0.3) is 0 Å². The standard InChI is InChI=1S/C10H14O2/c1-7-8(6-11)10(3)5-4-9(7,2)12-10/h4-5,8,11H,1,6H2,2-3H3/t8-,9+,10-/m1/s1. The first-order valence-corrected chi connectivity index (χ1v) is 4.22. The number of hydrogen-bond donors (Lipinski definition) is 1. The SMILES string of the molecule is C=C1[C@@H](CO)[C@@]2(C)C=C[C@]1(C)O2. The van der Waals surface area contributed by atoms with E-state index in [4.69, 9.17) is 9.84 Å². The molecule has 1 N–H and O–H groups in total. The van der Waals surface area contributed by atoms with Crippen LogP contribution >= 0.6 is 0 Å². The van der Waals surface area contributed by atoms with E-state index in [1.54, 1.807) is 0 Å². The summed E-state index contributed by atoms with van der Waals surface area (Å²) in [4.78, 5) is 0. The van der Waals surface area contributed by atoms with E-state index >= 15 is 0 Å². The molecule has 0 saturated carbocycles. The Morgan fingerprint density at radius 3 is 2.58 bits per heavy atom. The highest BCUT2D eigenvalue weighted by Gasteiger charge is 2.55. The van der Waals surface area contributed by atoms with Crippen LogP contribution in [0.3, 0.4) is 0 Å². The summed E-state index contributed by atoms with van der Waals surface area (Å²) in [6, 6.07) is 0. The van der Waals surface area contributed by atoms with Gasteiger partial charge in [-0.25, -0.2) is 0 Å². The summed E-state index contributed by atoms with van der Waals surface area (Å²) in [5.41, 5.74) is 0.345. The van der Waals surface area contributed by atoms with Gasteiger partial charge in [0.15, 0.2) is 0 Å². The Balaban J connectivity index is 2.45. The quantitative estimate of drug-likeness (QED) is 0.594. The van der Waals surface area contributed by atoms with Gasteiger partial charge in [-0.2, -0.15) is 0 Å². The van der Waals surface area contributed by atoms with E-state index in [1.807, 2.05) is 26.0 Å². The Morgan fingerprint density at radius 2 is 2.25 bits per heavy atom. The van der Waals surface area contributed by atoms with E-state index in [0.29, 0.717) is 0 Å². The second-order valence-corrected chi connectivity index (χ2v) is 3.99. The molecule has 0 aliphatic carbocycles. The van der Waals surface area contributed by atoms with E-state index in [1.165, 1.54) is 0 Å². The van der Waals surface area contributed by atoms with Gasteiger partial charge < -0.3 is 9.84 Å². The lowest BCUT2D eigenvalue weighted by molar-refractivity contribution is -0.0246. The molecule has 0 unspecified atom stereocenters. The van der Waals surface area contributed by atoms with Gasteiger partial charge in [-0.3, -0.25) is 0 Å². The van der Waals surface area contributed by atoms with Gasteiger partial charge in [0.2, 0.25) is 0 Å². The van der Waals surface area contributed by atoms with Crippen molar-refractivity contribution in [2.75, 3.05) is 6.61 Å². The lowest BCUT2D eigenvalue weighted by Gasteiger charge is -2.24. The molecular weight excluding hydrogens is 152 g/mol. The number of hydrogen-bond acceptors (Lipinski definition) is 2. The number of rotatable bonds is 1. The molecule has 0 aromatic rings. The second-order valence-electron chi connectivity index (χ2n) is 3.99. The number of fused-ring (bicyclic) bond motifs is 2. The van der Waals surface area contributed by atoms with Crippen molar-refractivity contribution in [2.24, 2.45) is 5.92 Å². The summed E-state index contributed by atoms with van der Waals surface area (Å²) in [7, 11) is 0. The van der Waals surface area contributed by atoms with E-state index < -0.39 is 0 Å². The summed E-state index contributed by atoms with van der Waals surface area (Å²) in [5, 5.41) is 9.16. The Labute approximate surface area is 72.5 Å². The van der Waals surface area contributed by atoms with Crippen LogP contribution in [-0.2, 0) is 4.74 Å². The third-order valence-corrected chi connectivity index (χ3v) is 3.10. The van der Waals surface area contributed by atoms with Crippen molar-refractivity contribution in [3.8, 4) is 0 Å². The average Bonchev–Trinajstić information content (AvgIpc) is 2.38. The molecule has 2 rings (SSSR count). The van der Waals surface area contributed by atoms with E-state index in [2.05, 4.69) is 6.58 Å². The minimum Gasteiger partial charge on any atom is -0.396 e. The molecule has 1 fully saturated rings. The van der Waals surface area contributed by atoms with E-state index in [9.17, 15) is 0 Å². The van der Waals surface area contributed by atoms with Gasteiger partial charge >= 0.3 is 0 Å². The summed E-state index contributed by atoms with van der Waals surface area (Å²) in [6.45, 7) is 8.08. The van der Waals surface area contributed by atoms with Crippen LogP contribution in [-0.4, -0.2) is 22.9 Å². The fourth-order valence-corrected chi connectivity index (χ4v) is 2.19. The van der Waals surface area contributed by atoms with Gasteiger partial charge in [-0.05, 0) is 19.4 Å². The number of aliphatic hydroxyl groups excluding tert-OH is 1. The zero-order chi connectivity index (χ0) is 8.98. The molecule has 2 bridgehead atoms. The Kier molecular flexibility index (Phi) is 1.34.